The average Bonchev–Trinajstić information content (AvgIpc) is 2.50. The van der Waals surface area contributed by atoms with Gasteiger partial charge >= 0.3 is 0 Å². The number of aryl methyl sites for hydroxylation is 1. The first-order chi connectivity index (χ1) is 10.9. The van der Waals surface area contributed by atoms with E-state index < -0.39 is 9.84 Å². The first-order valence-corrected chi connectivity index (χ1v) is 9.25. The van der Waals surface area contributed by atoms with Gasteiger partial charge in [0.2, 0.25) is 5.91 Å². The van der Waals surface area contributed by atoms with Crippen LogP contribution in [-0.4, -0.2) is 20.1 Å². The number of hydrogen-bond acceptors (Lipinski definition) is 3. The second-order valence-corrected chi connectivity index (χ2v) is 7.84. The molecule has 1 amide bonds. The summed E-state index contributed by atoms with van der Waals surface area (Å²) in [6.07, 6.45) is 0.420. The summed E-state index contributed by atoms with van der Waals surface area (Å²) < 4.78 is 24.3. The highest BCUT2D eigenvalue weighted by molar-refractivity contribution is 7.91. The Hall–Kier alpha value is -1.85. The number of amides is 1. The van der Waals surface area contributed by atoms with E-state index in [1.807, 2.05) is 6.92 Å². The zero-order valence-electron chi connectivity index (χ0n) is 12.8. The van der Waals surface area contributed by atoms with Gasteiger partial charge in [0.1, 0.15) is 0 Å². The molecule has 0 saturated heterocycles. The van der Waals surface area contributed by atoms with Crippen LogP contribution < -0.4 is 5.32 Å². The Balaban J connectivity index is 1.85. The third kappa shape index (κ3) is 5.37. The molecule has 0 spiro atoms. The van der Waals surface area contributed by atoms with E-state index in [-0.39, 0.29) is 24.5 Å². The van der Waals surface area contributed by atoms with Crippen LogP contribution in [0.15, 0.2) is 53.4 Å². The second-order valence-electron chi connectivity index (χ2n) is 5.29. The van der Waals surface area contributed by atoms with Gasteiger partial charge in [0.05, 0.1) is 10.6 Å². The van der Waals surface area contributed by atoms with Crippen molar-refractivity contribution in [1.82, 2.24) is 0 Å². The number of nitrogens with one attached hydrogen (secondary N) is 1. The van der Waals surface area contributed by atoms with E-state index in [2.05, 4.69) is 5.32 Å². The van der Waals surface area contributed by atoms with Crippen LogP contribution >= 0.6 is 11.6 Å². The van der Waals surface area contributed by atoms with E-state index in [9.17, 15) is 13.2 Å². The quantitative estimate of drug-likeness (QED) is 0.860. The van der Waals surface area contributed by atoms with E-state index in [0.29, 0.717) is 15.6 Å². The van der Waals surface area contributed by atoms with Crippen molar-refractivity contribution in [3.8, 4) is 0 Å². The molecule has 0 aliphatic rings. The molecule has 0 fully saturated rings. The normalized spacial score (nSPS) is 11.2. The van der Waals surface area contributed by atoms with Crippen molar-refractivity contribution in [3.63, 3.8) is 0 Å². The smallest absolute Gasteiger partial charge is 0.224 e. The summed E-state index contributed by atoms with van der Waals surface area (Å²) in [6, 6.07) is 13.5. The highest BCUT2D eigenvalue weighted by Gasteiger charge is 2.14. The third-order valence-electron chi connectivity index (χ3n) is 3.32. The van der Waals surface area contributed by atoms with Crippen LogP contribution in [0.4, 0.5) is 5.69 Å². The number of carbonyl (C=O) groups is 1. The van der Waals surface area contributed by atoms with Gasteiger partial charge in [-0.05, 0) is 49.7 Å². The summed E-state index contributed by atoms with van der Waals surface area (Å²) in [6.45, 7) is 1.90. The molecule has 2 aromatic carbocycles. The molecule has 0 aliphatic carbocycles. The Morgan fingerprint density at radius 2 is 1.65 bits per heavy atom. The number of carbonyl (C=O) groups excluding carboxylic acids is 1. The molecule has 2 aromatic rings. The van der Waals surface area contributed by atoms with Crippen molar-refractivity contribution >= 4 is 33.0 Å². The molecule has 23 heavy (non-hydrogen) atoms. The molecule has 2 rings (SSSR count). The van der Waals surface area contributed by atoms with Crippen LogP contribution in [0.2, 0.25) is 5.02 Å². The number of sulfone groups is 1. The maximum absolute atomic E-state index is 12.2. The Morgan fingerprint density at radius 3 is 2.26 bits per heavy atom. The molecular formula is C17H18ClNO3S. The first-order valence-electron chi connectivity index (χ1n) is 7.22. The van der Waals surface area contributed by atoms with Crippen molar-refractivity contribution in [2.24, 2.45) is 0 Å². The SMILES string of the molecule is Cc1ccc(S(=O)(=O)CCCC(=O)Nc2ccc(Cl)cc2)cc1. The van der Waals surface area contributed by atoms with Gasteiger partial charge in [0.25, 0.3) is 0 Å². The standard InChI is InChI=1S/C17H18ClNO3S/c1-13-4-10-16(11-5-13)23(21,22)12-2-3-17(20)19-15-8-6-14(18)7-9-15/h4-11H,2-3,12H2,1H3,(H,19,20). The number of anilines is 1. The minimum Gasteiger partial charge on any atom is -0.326 e. The predicted octanol–water partition coefficient (Wildman–Crippen LogP) is 3.84. The van der Waals surface area contributed by atoms with Gasteiger partial charge in [0.15, 0.2) is 9.84 Å². The monoisotopic (exact) mass is 351 g/mol. The highest BCUT2D eigenvalue weighted by atomic mass is 35.5. The van der Waals surface area contributed by atoms with E-state index in [0.717, 1.165) is 5.56 Å². The summed E-state index contributed by atoms with van der Waals surface area (Å²) in [5.41, 5.74) is 1.65. The molecule has 4 nitrogen and oxygen atoms in total. The minimum atomic E-state index is -3.35. The van der Waals surface area contributed by atoms with Crippen LogP contribution in [0.5, 0.6) is 0 Å². The van der Waals surface area contributed by atoms with Crippen LogP contribution in [0.25, 0.3) is 0 Å². The molecule has 122 valence electrons. The largest absolute Gasteiger partial charge is 0.326 e. The van der Waals surface area contributed by atoms with E-state index in [1.54, 1.807) is 48.5 Å². The summed E-state index contributed by atoms with van der Waals surface area (Å²) in [7, 11) is -3.35. The van der Waals surface area contributed by atoms with E-state index in [4.69, 9.17) is 11.6 Å². The van der Waals surface area contributed by atoms with Gasteiger partial charge in [-0.3, -0.25) is 4.79 Å². The van der Waals surface area contributed by atoms with Crippen molar-refractivity contribution < 1.29 is 13.2 Å². The lowest BCUT2D eigenvalue weighted by atomic mass is 10.2. The van der Waals surface area contributed by atoms with Gasteiger partial charge in [-0.1, -0.05) is 29.3 Å². The number of halogens is 1. The van der Waals surface area contributed by atoms with Crippen LogP contribution in [-0.2, 0) is 14.6 Å². The zero-order chi connectivity index (χ0) is 16.9. The van der Waals surface area contributed by atoms with Crippen LogP contribution in [0.3, 0.4) is 0 Å². The summed E-state index contributed by atoms with van der Waals surface area (Å²) in [5.74, 6) is -0.268. The molecule has 6 heteroatoms. The summed E-state index contributed by atoms with van der Waals surface area (Å²) in [5, 5.41) is 3.30. The van der Waals surface area contributed by atoms with E-state index >= 15 is 0 Å². The molecule has 0 heterocycles. The molecule has 0 radical (unpaired) electrons. The topological polar surface area (TPSA) is 63.2 Å². The zero-order valence-corrected chi connectivity index (χ0v) is 14.3. The summed E-state index contributed by atoms with van der Waals surface area (Å²) >= 11 is 5.77. The molecule has 1 N–H and O–H groups in total. The van der Waals surface area contributed by atoms with Crippen molar-refractivity contribution in [1.29, 1.82) is 0 Å². The van der Waals surface area contributed by atoms with Gasteiger partial charge in [-0.2, -0.15) is 0 Å². The van der Waals surface area contributed by atoms with Gasteiger partial charge < -0.3 is 5.32 Å². The Morgan fingerprint density at radius 1 is 1.04 bits per heavy atom. The predicted molar refractivity (Wildman–Crippen MR) is 92.5 cm³/mol. The molecule has 0 bridgehead atoms. The fourth-order valence-corrected chi connectivity index (χ4v) is 3.48. The van der Waals surface area contributed by atoms with Gasteiger partial charge in [-0.25, -0.2) is 8.42 Å². The number of hydrogen-bond donors (Lipinski definition) is 1. The van der Waals surface area contributed by atoms with E-state index in [1.165, 1.54) is 0 Å². The van der Waals surface area contributed by atoms with Crippen molar-refractivity contribution in [2.75, 3.05) is 11.1 Å². The fraction of sp³-hybridized carbons (Fsp3) is 0.235. The van der Waals surface area contributed by atoms with Crippen molar-refractivity contribution in [2.45, 2.75) is 24.7 Å². The van der Waals surface area contributed by atoms with Gasteiger partial charge in [0, 0.05) is 17.1 Å². The molecule has 0 atom stereocenters. The molecule has 0 unspecified atom stereocenters. The second kappa shape index (κ2) is 7.62. The fourth-order valence-electron chi connectivity index (χ4n) is 2.04. The minimum absolute atomic E-state index is 0.0515. The summed E-state index contributed by atoms with van der Waals surface area (Å²) in [4.78, 5) is 12.1. The number of benzene rings is 2. The lowest BCUT2D eigenvalue weighted by Crippen LogP contribution is -2.14. The maximum Gasteiger partial charge on any atom is 0.224 e. The van der Waals surface area contributed by atoms with Crippen molar-refractivity contribution in [3.05, 3.63) is 59.1 Å². The lowest BCUT2D eigenvalue weighted by Gasteiger charge is -2.06. The highest BCUT2D eigenvalue weighted by Crippen LogP contribution is 2.15. The molecule has 0 aliphatic heterocycles. The third-order valence-corrected chi connectivity index (χ3v) is 5.39. The average molecular weight is 352 g/mol. The Labute approximate surface area is 141 Å². The first kappa shape index (κ1) is 17.5. The lowest BCUT2D eigenvalue weighted by molar-refractivity contribution is -0.116. The molecular weight excluding hydrogens is 334 g/mol. The molecule has 0 saturated carbocycles. The van der Waals surface area contributed by atoms with Gasteiger partial charge in [-0.15, -0.1) is 0 Å². The number of rotatable bonds is 6. The Bertz CT molecular complexity index is 768. The van der Waals surface area contributed by atoms with Crippen LogP contribution in [0.1, 0.15) is 18.4 Å². The Kier molecular flexibility index (Phi) is 5.80. The maximum atomic E-state index is 12.2. The van der Waals surface area contributed by atoms with Crippen LogP contribution in [0, 0.1) is 6.92 Å². The molecule has 0 aromatic heterocycles.